The van der Waals surface area contributed by atoms with E-state index in [0.29, 0.717) is 34.9 Å². The fourth-order valence-electron chi connectivity index (χ4n) is 2.37. The van der Waals surface area contributed by atoms with E-state index in [1.54, 1.807) is 13.0 Å². The summed E-state index contributed by atoms with van der Waals surface area (Å²) in [5.74, 6) is 0.950. The summed E-state index contributed by atoms with van der Waals surface area (Å²) in [7, 11) is 0. The molecular weight excluding hydrogens is 351 g/mol. The van der Waals surface area contributed by atoms with E-state index in [9.17, 15) is 18.0 Å². The Labute approximate surface area is 146 Å². The Hall–Kier alpha value is -3.10. The average molecular weight is 365 g/mol. The number of carbonyl (C=O) groups is 1. The lowest BCUT2D eigenvalue weighted by Crippen LogP contribution is -2.12. The third-order valence-electron chi connectivity index (χ3n) is 3.64. The molecule has 0 saturated heterocycles. The normalized spacial score (nSPS) is 11.5. The number of aryl methyl sites for hydroxylation is 2. The number of benzene rings is 1. The Balaban J connectivity index is 1.66. The molecule has 136 valence electrons. The van der Waals surface area contributed by atoms with Crippen LogP contribution in [0.1, 0.15) is 23.3 Å². The monoisotopic (exact) mass is 365 g/mol. The first kappa shape index (κ1) is 17.7. The maximum atomic E-state index is 12.6. The van der Waals surface area contributed by atoms with Crippen LogP contribution >= 0.6 is 0 Å². The van der Waals surface area contributed by atoms with Crippen LogP contribution in [0.25, 0.3) is 11.3 Å². The number of rotatable bonds is 5. The second kappa shape index (κ2) is 7.03. The van der Waals surface area contributed by atoms with Gasteiger partial charge in [-0.25, -0.2) is 0 Å². The maximum Gasteiger partial charge on any atom is 0.416 e. The SMILES string of the molecule is Cc1cc(NC(=O)CCc2cnoc2-c2ccc(C(F)(F)F)cc2)no1. The Bertz CT molecular complexity index is 898. The van der Waals surface area contributed by atoms with Gasteiger partial charge in [-0.05, 0) is 25.5 Å². The summed E-state index contributed by atoms with van der Waals surface area (Å²) in [4.78, 5) is 12.0. The molecule has 1 amide bonds. The van der Waals surface area contributed by atoms with Crippen molar-refractivity contribution in [3.8, 4) is 11.3 Å². The number of halogens is 3. The second-order valence-electron chi connectivity index (χ2n) is 5.63. The van der Waals surface area contributed by atoms with Crippen molar-refractivity contribution in [2.24, 2.45) is 0 Å². The van der Waals surface area contributed by atoms with Crippen molar-refractivity contribution < 1.29 is 27.0 Å². The minimum absolute atomic E-state index is 0.126. The molecule has 1 N–H and O–H groups in total. The van der Waals surface area contributed by atoms with Crippen molar-refractivity contribution >= 4 is 11.7 Å². The number of hydrogen-bond acceptors (Lipinski definition) is 5. The van der Waals surface area contributed by atoms with Crippen LogP contribution in [-0.4, -0.2) is 16.2 Å². The molecule has 1 aromatic carbocycles. The van der Waals surface area contributed by atoms with Crippen LogP contribution in [0.3, 0.4) is 0 Å². The predicted octanol–water partition coefficient (Wildman–Crippen LogP) is 4.23. The highest BCUT2D eigenvalue weighted by molar-refractivity contribution is 5.89. The van der Waals surface area contributed by atoms with Gasteiger partial charge in [-0.3, -0.25) is 4.79 Å². The van der Waals surface area contributed by atoms with Gasteiger partial charge in [0.05, 0.1) is 11.8 Å². The molecular formula is C17H14F3N3O3. The van der Waals surface area contributed by atoms with E-state index in [-0.39, 0.29) is 12.3 Å². The lowest BCUT2D eigenvalue weighted by molar-refractivity contribution is -0.137. The van der Waals surface area contributed by atoms with Crippen molar-refractivity contribution in [2.75, 3.05) is 5.32 Å². The van der Waals surface area contributed by atoms with Crippen LogP contribution in [0.2, 0.25) is 0 Å². The lowest BCUT2D eigenvalue weighted by Gasteiger charge is -2.07. The summed E-state index contributed by atoms with van der Waals surface area (Å²) in [5, 5.41) is 9.93. The van der Waals surface area contributed by atoms with Gasteiger partial charge in [0.1, 0.15) is 5.76 Å². The standard InChI is InChI=1S/C17H14F3N3O3/c1-10-8-14(23-25-10)22-15(24)7-4-12-9-21-26-16(12)11-2-5-13(6-3-11)17(18,19)20/h2-3,5-6,8-9H,4,7H2,1H3,(H,22,23,24). The van der Waals surface area contributed by atoms with Crippen LogP contribution in [-0.2, 0) is 17.4 Å². The molecule has 0 fully saturated rings. The molecule has 0 spiro atoms. The fraction of sp³-hybridized carbons (Fsp3) is 0.235. The number of carbonyl (C=O) groups excluding carboxylic acids is 1. The van der Waals surface area contributed by atoms with Gasteiger partial charge >= 0.3 is 6.18 Å². The summed E-state index contributed by atoms with van der Waals surface area (Å²) < 4.78 is 47.9. The second-order valence-corrected chi connectivity index (χ2v) is 5.63. The molecule has 6 nitrogen and oxygen atoms in total. The van der Waals surface area contributed by atoms with Gasteiger partial charge in [0, 0.05) is 23.6 Å². The van der Waals surface area contributed by atoms with Gasteiger partial charge in [0.15, 0.2) is 11.6 Å². The molecule has 0 saturated carbocycles. The van der Waals surface area contributed by atoms with Crippen molar-refractivity contribution in [1.29, 1.82) is 0 Å². The van der Waals surface area contributed by atoms with Gasteiger partial charge in [0.2, 0.25) is 5.91 Å². The van der Waals surface area contributed by atoms with E-state index in [4.69, 9.17) is 9.05 Å². The lowest BCUT2D eigenvalue weighted by atomic mass is 10.0. The highest BCUT2D eigenvalue weighted by atomic mass is 19.4. The number of aromatic nitrogens is 2. The molecule has 0 aliphatic rings. The van der Waals surface area contributed by atoms with Gasteiger partial charge in [-0.1, -0.05) is 22.4 Å². The highest BCUT2D eigenvalue weighted by Gasteiger charge is 2.30. The van der Waals surface area contributed by atoms with E-state index < -0.39 is 11.7 Å². The van der Waals surface area contributed by atoms with Crippen LogP contribution in [0, 0.1) is 6.92 Å². The molecule has 0 bridgehead atoms. The number of nitrogens with one attached hydrogen (secondary N) is 1. The molecule has 0 aliphatic heterocycles. The summed E-state index contributed by atoms with van der Waals surface area (Å²) in [6.45, 7) is 1.70. The number of anilines is 1. The van der Waals surface area contributed by atoms with Crippen molar-refractivity contribution in [3.63, 3.8) is 0 Å². The van der Waals surface area contributed by atoms with Crippen LogP contribution in [0.4, 0.5) is 19.0 Å². The van der Waals surface area contributed by atoms with E-state index in [0.717, 1.165) is 12.1 Å². The Morgan fingerprint density at radius 2 is 1.92 bits per heavy atom. The van der Waals surface area contributed by atoms with E-state index >= 15 is 0 Å². The fourth-order valence-corrected chi connectivity index (χ4v) is 2.37. The number of amides is 1. The molecule has 3 aromatic rings. The van der Waals surface area contributed by atoms with Gasteiger partial charge < -0.3 is 14.4 Å². The Kier molecular flexibility index (Phi) is 4.79. The average Bonchev–Trinajstić information content (AvgIpc) is 3.21. The topological polar surface area (TPSA) is 81.2 Å². The Morgan fingerprint density at radius 1 is 1.19 bits per heavy atom. The minimum Gasteiger partial charge on any atom is -0.360 e. The van der Waals surface area contributed by atoms with E-state index in [1.165, 1.54) is 18.3 Å². The van der Waals surface area contributed by atoms with Gasteiger partial charge in [-0.2, -0.15) is 13.2 Å². The first-order valence-electron chi connectivity index (χ1n) is 7.67. The molecule has 0 radical (unpaired) electrons. The van der Waals surface area contributed by atoms with Crippen molar-refractivity contribution in [1.82, 2.24) is 10.3 Å². The van der Waals surface area contributed by atoms with Crippen LogP contribution in [0.15, 0.2) is 45.6 Å². The smallest absolute Gasteiger partial charge is 0.360 e. The van der Waals surface area contributed by atoms with Crippen LogP contribution < -0.4 is 5.32 Å². The molecule has 0 unspecified atom stereocenters. The van der Waals surface area contributed by atoms with Crippen molar-refractivity contribution in [2.45, 2.75) is 25.9 Å². The molecule has 26 heavy (non-hydrogen) atoms. The molecule has 0 atom stereocenters. The summed E-state index contributed by atoms with van der Waals surface area (Å²) >= 11 is 0. The third-order valence-corrected chi connectivity index (χ3v) is 3.64. The zero-order chi connectivity index (χ0) is 18.7. The zero-order valence-corrected chi connectivity index (χ0v) is 13.6. The van der Waals surface area contributed by atoms with E-state index in [2.05, 4.69) is 15.6 Å². The highest BCUT2D eigenvalue weighted by Crippen LogP contribution is 2.32. The minimum atomic E-state index is -4.40. The Morgan fingerprint density at radius 3 is 2.54 bits per heavy atom. The zero-order valence-electron chi connectivity index (χ0n) is 13.6. The quantitative estimate of drug-likeness (QED) is 0.732. The van der Waals surface area contributed by atoms with Crippen LogP contribution in [0.5, 0.6) is 0 Å². The maximum absolute atomic E-state index is 12.6. The molecule has 2 heterocycles. The molecule has 3 rings (SSSR count). The number of nitrogens with zero attached hydrogens (tertiary/aromatic N) is 2. The molecule has 0 aliphatic carbocycles. The first-order chi connectivity index (χ1) is 12.3. The summed E-state index contributed by atoms with van der Waals surface area (Å²) in [5.41, 5.74) is 0.332. The largest absolute Gasteiger partial charge is 0.416 e. The summed E-state index contributed by atoms with van der Waals surface area (Å²) in [6, 6.07) is 6.16. The number of hydrogen-bond donors (Lipinski definition) is 1. The molecule has 9 heteroatoms. The first-order valence-corrected chi connectivity index (χ1v) is 7.67. The number of alkyl halides is 3. The van der Waals surface area contributed by atoms with Gasteiger partial charge in [0.25, 0.3) is 0 Å². The molecule has 2 aromatic heterocycles. The van der Waals surface area contributed by atoms with E-state index in [1.807, 2.05) is 0 Å². The van der Waals surface area contributed by atoms with Gasteiger partial charge in [-0.15, -0.1) is 0 Å². The van der Waals surface area contributed by atoms with Crippen molar-refractivity contribution in [3.05, 3.63) is 53.4 Å². The predicted molar refractivity (Wildman–Crippen MR) is 85.1 cm³/mol. The summed E-state index contributed by atoms with van der Waals surface area (Å²) in [6.07, 6.45) is -2.52. The third kappa shape index (κ3) is 4.11.